The van der Waals surface area contributed by atoms with Gasteiger partial charge < -0.3 is 20.6 Å². The lowest BCUT2D eigenvalue weighted by molar-refractivity contribution is 0.476. The topological polar surface area (TPSA) is 55.6 Å². The van der Waals surface area contributed by atoms with Crippen molar-refractivity contribution in [3.8, 4) is 0 Å². The molecule has 5 heterocycles. The van der Waals surface area contributed by atoms with Crippen LogP contribution in [0, 0.1) is 0 Å². The molecule has 4 aromatic carbocycles. The van der Waals surface area contributed by atoms with E-state index in [0.29, 0.717) is 0 Å². The Bertz CT molecular complexity index is 1740. The molecule has 4 heteroatoms. The molecule has 0 saturated heterocycles. The van der Waals surface area contributed by atoms with Gasteiger partial charge in [-0.2, -0.15) is 0 Å². The van der Waals surface area contributed by atoms with Crippen LogP contribution in [0.4, 0.5) is 0 Å². The van der Waals surface area contributed by atoms with E-state index >= 15 is 0 Å². The summed E-state index contributed by atoms with van der Waals surface area (Å²) >= 11 is 0. The monoisotopic (exact) mass is 624 g/mol. The third-order valence-corrected chi connectivity index (χ3v) is 10.7. The molecule has 4 N–H and O–H groups in total. The summed E-state index contributed by atoms with van der Waals surface area (Å²) in [5.41, 5.74) is 10.1. The van der Waals surface area contributed by atoms with Crippen LogP contribution in [0.25, 0.3) is 0 Å². The summed E-state index contributed by atoms with van der Waals surface area (Å²) < 4.78 is 0. The molecule has 0 fully saturated rings. The van der Waals surface area contributed by atoms with Crippen LogP contribution >= 0.6 is 0 Å². The normalized spacial score (nSPS) is 27.7. The highest BCUT2D eigenvalue weighted by molar-refractivity contribution is 5.44. The van der Waals surface area contributed by atoms with Gasteiger partial charge in [0.25, 0.3) is 0 Å². The SMILES string of the molecule is C1=CC2NC1C(c1ccccc1)c1ccc([nH]1)C(c1ccccc1)C1C=CC(N1)C(c1ccccc1)c1ccc([nH]1)C2c1ccccc1. The molecule has 0 radical (unpaired) electrons. The highest BCUT2D eigenvalue weighted by atomic mass is 15.0. The summed E-state index contributed by atoms with van der Waals surface area (Å²) in [5.74, 6) is 0.513. The summed E-state index contributed by atoms with van der Waals surface area (Å²) in [7, 11) is 0. The van der Waals surface area contributed by atoms with E-state index in [2.05, 4.69) is 190 Å². The molecule has 0 aliphatic carbocycles. The van der Waals surface area contributed by atoms with Crippen molar-refractivity contribution in [3.05, 3.63) is 215 Å². The molecule has 3 aliphatic rings. The smallest absolute Gasteiger partial charge is 0.0430 e. The largest absolute Gasteiger partial charge is 0.361 e. The molecule has 4 nitrogen and oxygen atoms in total. The molecule has 8 unspecified atom stereocenters. The quantitative estimate of drug-likeness (QED) is 0.149. The summed E-state index contributed by atoms with van der Waals surface area (Å²) in [6.07, 6.45) is 9.59. The van der Waals surface area contributed by atoms with Crippen molar-refractivity contribution in [3.63, 3.8) is 0 Å². The van der Waals surface area contributed by atoms with E-state index in [1.165, 1.54) is 45.0 Å². The molecule has 8 atom stereocenters. The molecule has 236 valence electrons. The van der Waals surface area contributed by atoms with Crippen LogP contribution in [0.1, 0.15) is 68.7 Å². The van der Waals surface area contributed by atoms with E-state index < -0.39 is 0 Å². The fourth-order valence-electron chi connectivity index (χ4n) is 8.52. The average Bonchev–Trinajstić information content (AvgIpc) is 3.98. The fraction of sp³-hybridized carbons (Fsp3) is 0.182. The maximum absolute atomic E-state index is 4.11. The number of benzene rings is 4. The van der Waals surface area contributed by atoms with Crippen LogP contribution in [0.5, 0.6) is 0 Å². The van der Waals surface area contributed by atoms with Gasteiger partial charge >= 0.3 is 0 Å². The first-order valence-corrected chi connectivity index (χ1v) is 17.3. The third-order valence-electron chi connectivity index (χ3n) is 10.7. The molecule has 3 aliphatic heterocycles. The number of hydrogen-bond donors (Lipinski definition) is 4. The van der Waals surface area contributed by atoms with Crippen molar-refractivity contribution < 1.29 is 0 Å². The van der Waals surface area contributed by atoms with Gasteiger partial charge in [-0.05, 0) is 46.5 Å². The van der Waals surface area contributed by atoms with Crippen LogP contribution < -0.4 is 10.6 Å². The van der Waals surface area contributed by atoms with Gasteiger partial charge in [0.2, 0.25) is 0 Å². The van der Waals surface area contributed by atoms with Crippen molar-refractivity contribution in [2.75, 3.05) is 0 Å². The van der Waals surface area contributed by atoms with Crippen molar-refractivity contribution >= 4 is 0 Å². The highest BCUT2D eigenvalue weighted by Crippen LogP contribution is 2.40. The van der Waals surface area contributed by atoms with Crippen molar-refractivity contribution in [1.82, 2.24) is 20.6 Å². The fourth-order valence-corrected chi connectivity index (χ4v) is 8.52. The van der Waals surface area contributed by atoms with Gasteiger partial charge in [-0.1, -0.05) is 146 Å². The number of aromatic amines is 2. The Hall–Kier alpha value is -5.16. The number of hydrogen-bond acceptors (Lipinski definition) is 2. The molecule has 48 heavy (non-hydrogen) atoms. The van der Waals surface area contributed by atoms with Gasteiger partial charge in [-0.25, -0.2) is 0 Å². The Morgan fingerprint density at radius 1 is 0.271 bits per heavy atom. The second-order valence-corrected chi connectivity index (χ2v) is 13.5. The first kappa shape index (κ1) is 29.0. The Kier molecular flexibility index (Phi) is 7.53. The molecular formula is C44H40N4. The zero-order valence-electron chi connectivity index (χ0n) is 26.8. The van der Waals surface area contributed by atoms with Gasteiger partial charge in [0.1, 0.15) is 0 Å². The number of rotatable bonds is 4. The summed E-state index contributed by atoms with van der Waals surface area (Å²) in [6, 6.07) is 53.6. The molecule has 0 spiro atoms. The zero-order chi connectivity index (χ0) is 31.9. The average molecular weight is 625 g/mol. The number of nitrogens with one attached hydrogen (secondary N) is 4. The minimum absolute atomic E-state index is 0.124. The molecule has 0 amide bonds. The predicted octanol–water partition coefficient (Wildman–Crippen LogP) is 8.38. The number of aromatic nitrogens is 2. The Balaban J connectivity index is 1.22. The van der Waals surface area contributed by atoms with E-state index in [0.717, 1.165) is 0 Å². The second kappa shape index (κ2) is 12.5. The van der Waals surface area contributed by atoms with Crippen LogP contribution in [0.3, 0.4) is 0 Å². The van der Waals surface area contributed by atoms with Gasteiger partial charge in [0, 0.05) is 70.6 Å². The Labute approximate surface area is 282 Å². The molecule has 9 rings (SSSR count). The minimum atomic E-state index is 0.124. The van der Waals surface area contributed by atoms with E-state index in [-0.39, 0.29) is 47.8 Å². The third kappa shape index (κ3) is 5.28. The van der Waals surface area contributed by atoms with Gasteiger partial charge in [0.05, 0.1) is 0 Å². The minimum Gasteiger partial charge on any atom is -0.361 e. The first-order chi connectivity index (χ1) is 23.8. The number of fused-ring (bicyclic) bond motifs is 8. The van der Waals surface area contributed by atoms with Gasteiger partial charge in [-0.15, -0.1) is 0 Å². The summed E-state index contributed by atoms with van der Waals surface area (Å²) in [5, 5.41) is 8.21. The number of H-pyrrole nitrogens is 2. The van der Waals surface area contributed by atoms with Gasteiger partial charge in [0.15, 0.2) is 0 Å². The molecule has 2 aromatic heterocycles. The second-order valence-electron chi connectivity index (χ2n) is 13.5. The predicted molar refractivity (Wildman–Crippen MR) is 194 cm³/mol. The van der Waals surface area contributed by atoms with Crippen LogP contribution in [-0.4, -0.2) is 34.1 Å². The molecule has 6 aromatic rings. The maximum Gasteiger partial charge on any atom is 0.0430 e. The lowest BCUT2D eigenvalue weighted by Crippen LogP contribution is -2.40. The Morgan fingerprint density at radius 3 is 0.729 bits per heavy atom. The van der Waals surface area contributed by atoms with E-state index in [4.69, 9.17) is 0 Å². The maximum atomic E-state index is 4.11. The van der Waals surface area contributed by atoms with Crippen molar-refractivity contribution in [1.29, 1.82) is 0 Å². The zero-order valence-corrected chi connectivity index (χ0v) is 26.8. The van der Waals surface area contributed by atoms with Crippen molar-refractivity contribution in [2.45, 2.75) is 47.8 Å². The van der Waals surface area contributed by atoms with Crippen LogP contribution in [0.15, 0.2) is 170 Å². The molecule has 8 bridgehead atoms. The van der Waals surface area contributed by atoms with Crippen LogP contribution in [0.2, 0.25) is 0 Å². The summed E-state index contributed by atoms with van der Waals surface area (Å²) in [6.45, 7) is 0. The molecule has 0 saturated carbocycles. The lowest BCUT2D eigenvalue weighted by Gasteiger charge is -2.30. The van der Waals surface area contributed by atoms with Crippen molar-refractivity contribution in [2.24, 2.45) is 0 Å². The first-order valence-electron chi connectivity index (χ1n) is 17.3. The lowest BCUT2D eigenvalue weighted by atomic mass is 9.88. The van der Waals surface area contributed by atoms with E-state index in [9.17, 15) is 0 Å². The van der Waals surface area contributed by atoms with E-state index in [1.807, 2.05) is 0 Å². The Morgan fingerprint density at radius 2 is 0.500 bits per heavy atom. The standard InChI is InChI=1S/C44H40N4/c1-5-13-29(14-6-1)41-33-21-23-35(45-33)42(30-15-7-2-8-16-30)37-25-27-39(47-37)44(32-19-11-4-12-20-32)40-28-26-38(48-40)43(31-17-9-3-10-18-31)36-24-22-34(41)46-36/h1-28,33,35,38,40-48H. The summed E-state index contributed by atoms with van der Waals surface area (Å²) in [4.78, 5) is 7.98. The highest BCUT2D eigenvalue weighted by Gasteiger charge is 2.38. The van der Waals surface area contributed by atoms with Gasteiger partial charge in [-0.3, -0.25) is 0 Å². The molecular weight excluding hydrogens is 585 g/mol. The van der Waals surface area contributed by atoms with E-state index in [1.54, 1.807) is 0 Å². The van der Waals surface area contributed by atoms with Crippen LogP contribution in [-0.2, 0) is 0 Å².